The van der Waals surface area contributed by atoms with E-state index in [1.807, 2.05) is 0 Å². The van der Waals surface area contributed by atoms with E-state index in [9.17, 15) is 9.59 Å². The lowest BCUT2D eigenvalue weighted by molar-refractivity contribution is 0.0955. The average Bonchev–Trinajstić information content (AvgIpc) is 2.99. The highest BCUT2D eigenvalue weighted by atomic mass is 16.2. The Morgan fingerprint density at radius 1 is 1.20 bits per heavy atom. The van der Waals surface area contributed by atoms with Gasteiger partial charge in [-0.2, -0.15) is 0 Å². The van der Waals surface area contributed by atoms with Crippen LogP contribution in [-0.4, -0.2) is 43.0 Å². The SMILES string of the molecule is NCCNC(=O)c1ccccc1NC(=O)N1CCCC1. The van der Waals surface area contributed by atoms with E-state index in [1.54, 1.807) is 29.2 Å². The minimum Gasteiger partial charge on any atom is -0.351 e. The van der Waals surface area contributed by atoms with E-state index in [-0.39, 0.29) is 11.9 Å². The third-order valence-electron chi connectivity index (χ3n) is 3.24. The monoisotopic (exact) mass is 276 g/mol. The van der Waals surface area contributed by atoms with Crippen molar-refractivity contribution in [2.75, 3.05) is 31.5 Å². The molecule has 4 N–H and O–H groups in total. The van der Waals surface area contributed by atoms with Gasteiger partial charge in [0.05, 0.1) is 11.3 Å². The smallest absolute Gasteiger partial charge is 0.321 e. The molecule has 0 radical (unpaired) electrons. The molecule has 0 atom stereocenters. The number of anilines is 1. The van der Waals surface area contributed by atoms with Gasteiger partial charge < -0.3 is 21.3 Å². The Balaban J connectivity index is 2.07. The van der Waals surface area contributed by atoms with Gasteiger partial charge in [-0.05, 0) is 25.0 Å². The molecule has 1 aromatic rings. The van der Waals surface area contributed by atoms with Crippen LogP contribution in [0, 0.1) is 0 Å². The molecule has 20 heavy (non-hydrogen) atoms. The highest BCUT2D eigenvalue weighted by Crippen LogP contribution is 2.17. The molecule has 1 saturated heterocycles. The van der Waals surface area contributed by atoms with Crippen molar-refractivity contribution in [2.45, 2.75) is 12.8 Å². The van der Waals surface area contributed by atoms with Crippen LogP contribution >= 0.6 is 0 Å². The second kappa shape index (κ2) is 6.91. The molecule has 0 bridgehead atoms. The van der Waals surface area contributed by atoms with Gasteiger partial charge in [0, 0.05) is 26.2 Å². The number of nitrogens with zero attached hydrogens (tertiary/aromatic N) is 1. The predicted octanol–water partition coefficient (Wildman–Crippen LogP) is 1.00. The molecule has 1 aliphatic rings. The normalized spacial score (nSPS) is 14.2. The average molecular weight is 276 g/mol. The Morgan fingerprint density at radius 3 is 2.60 bits per heavy atom. The molecule has 6 nitrogen and oxygen atoms in total. The third kappa shape index (κ3) is 3.48. The molecular weight excluding hydrogens is 256 g/mol. The predicted molar refractivity (Wildman–Crippen MR) is 77.7 cm³/mol. The Morgan fingerprint density at radius 2 is 1.90 bits per heavy atom. The van der Waals surface area contributed by atoms with Crippen molar-refractivity contribution < 1.29 is 9.59 Å². The molecule has 1 aliphatic heterocycles. The van der Waals surface area contributed by atoms with Crippen LogP contribution in [-0.2, 0) is 0 Å². The van der Waals surface area contributed by atoms with Crippen LogP contribution in [0.1, 0.15) is 23.2 Å². The summed E-state index contributed by atoms with van der Waals surface area (Å²) in [6, 6.07) is 6.82. The maximum absolute atomic E-state index is 12.1. The van der Waals surface area contributed by atoms with E-state index in [0.717, 1.165) is 25.9 Å². The first-order chi connectivity index (χ1) is 9.72. The van der Waals surface area contributed by atoms with E-state index < -0.39 is 0 Å². The van der Waals surface area contributed by atoms with Gasteiger partial charge in [-0.1, -0.05) is 12.1 Å². The molecule has 3 amide bonds. The zero-order valence-corrected chi connectivity index (χ0v) is 11.4. The standard InChI is InChI=1S/C14H20N4O2/c15-7-8-16-13(19)11-5-1-2-6-12(11)17-14(20)18-9-3-4-10-18/h1-2,5-6H,3-4,7-10,15H2,(H,16,19)(H,17,20). The number of carbonyl (C=O) groups excluding carboxylic acids is 2. The molecule has 1 aromatic carbocycles. The summed E-state index contributed by atoms with van der Waals surface area (Å²) >= 11 is 0. The van der Waals surface area contributed by atoms with Crippen LogP contribution in [0.3, 0.4) is 0 Å². The van der Waals surface area contributed by atoms with Crippen molar-refractivity contribution in [2.24, 2.45) is 5.73 Å². The van der Waals surface area contributed by atoms with E-state index >= 15 is 0 Å². The summed E-state index contributed by atoms with van der Waals surface area (Å²) in [6.45, 7) is 2.34. The number of benzene rings is 1. The molecule has 108 valence electrons. The lowest BCUT2D eigenvalue weighted by Crippen LogP contribution is -2.34. The van der Waals surface area contributed by atoms with Crippen LogP contribution in [0.2, 0.25) is 0 Å². The van der Waals surface area contributed by atoms with Gasteiger partial charge in [0.2, 0.25) is 0 Å². The summed E-state index contributed by atoms with van der Waals surface area (Å²) in [5.41, 5.74) is 6.34. The first kappa shape index (κ1) is 14.3. The number of para-hydroxylation sites is 1. The number of urea groups is 1. The van der Waals surface area contributed by atoms with Gasteiger partial charge >= 0.3 is 6.03 Å². The Labute approximate surface area is 118 Å². The largest absolute Gasteiger partial charge is 0.351 e. The summed E-state index contributed by atoms with van der Waals surface area (Å²) in [6.07, 6.45) is 2.07. The van der Waals surface area contributed by atoms with E-state index in [0.29, 0.717) is 24.3 Å². The lowest BCUT2D eigenvalue weighted by Gasteiger charge is -2.17. The number of nitrogens with two attached hydrogens (primary N) is 1. The fourth-order valence-electron chi connectivity index (χ4n) is 2.19. The molecule has 0 unspecified atom stereocenters. The van der Waals surface area contributed by atoms with Gasteiger partial charge in [0.25, 0.3) is 5.91 Å². The number of carbonyl (C=O) groups is 2. The molecular formula is C14H20N4O2. The second-order valence-electron chi connectivity index (χ2n) is 4.71. The van der Waals surface area contributed by atoms with Crippen molar-refractivity contribution in [1.82, 2.24) is 10.2 Å². The Bertz CT molecular complexity index is 484. The van der Waals surface area contributed by atoms with Gasteiger partial charge in [-0.15, -0.1) is 0 Å². The van der Waals surface area contributed by atoms with Gasteiger partial charge in [-0.25, -0.2) is 4.79 Å². The highest BCUT2D eigenvalue weighted by molar-refractivity contribution is 6.03. The van der Waals surface area contributed by atoms with Crippen molar-refractivity contribution >= 4 is 17.6 Å². The Hall–Kier alpha value is -2.08. The van der Waals surface area contributed by atoms with Crippen LogP contribution in [0.5, 0.6) is 0 Å². The minimum atomic E-state index is -0.229. The number of amides is 3. The molecule has 0 spiro atoms. The number of rotatable bonds is 4. The number of likely N-dealkylation sites (tertiary alicyclic amines) is 1. The summed E-state index contributed by atoms with van der Waals surface area (Å²) in [5, 5.41) is 5.51. The van der Waals surface area contributed by atoms with Crippen molar-refractivity contribution in [3.05, 3.63) is 29.8 Å². The molecule has 1 heterocycles. The van der Waals surface area contributed by atoms with Crippen LogP contribution in [0.15, 0.2) is 24.3 Å². The van der Waals surface area contributed by atoms with E-state index in [2.05, 4.69) is 10.6 Å². The highest BCUT2D eigenvalue weighted by Gasteiger charge is 2.19. The topological polar surface area (TPSA) is 87.5 Å². The maximum atomic E-state index is 12.1. The lowest BCUT2D eigenvalue weighted by atomic mass is 10.1. The fraction of sp³-hybridized carbons (Fsp3) is 0.429. The molecule has 6 heteroatoms. The van der Waals surface area contributed by atoms with Crippen molar-refractivity contribution in [3.8, 4) is 0 Å². The number of hydrogen-bond donors (Lipinski definition) is 3. The quantitative estimate of drug-likeness (QED) is 0.766. The zero-order valence-electron chi connectivity index (χ0n) is 11.4. The summed E-state index contributed by atoms with van der Waals surface area (Å²) in [5.74, 6) is -0.229. The second-order valence-corrected chi connectivity index (χ2v) is 4.71. The number of nitrogens with one attached hydrogen (secondary N) is 2. The van der Waals surface area contributed by atoms with Crippen LogP contribution in [0.4, 0.5) is 10.5 Å². The maximum Gasteiger partial charge on any atom is 0.321 e. The van der Waals surface area contributed by atoms with Crippen LogP contribution < -0.4 is 16.4 Å². The first-order valence-corrected chi connectivity index (χ1v) is 6.85. The van der Waals surface area contributed by atoms with Crippen molar-refractivity contribution in [1.29, 1.82) is 0 Å². The van der Waals surface area contributed by atoms with Gasteiger partial charge in [0.15, 0.2) is 0 Å². The third-order valence-corrected chi connectivity index (χ3v) is 3.24. The Kier molecular flexibility index (Phi) is 4.95. The summed E-state index contributed by atoms with van der Waals surface area (Å²) < 4.78 is 0. The summed E-state index contributed by atoms with van der Waals surface area (Å²) in [7, 11) is 0. The van der Waals surface area contributed by atoms with E-state index in [4.69, 9.17) is 5.73 Å². The number of hydrogen-bond acceptors (Lipinski definition) is 3. The molecule has 0 aliphatic carbocycles. The van der Waals surface area contributed by atoms with Gasteiger partial charge in [-0.3, -0.25) is 4.79 Å². The minimum absolute atomic E-state index is 0.151. The molecule has 0 aromatic heterocycles. The molecule has 2 rings (SSSR count). The van der Waals surface area contributed by atoms with Crippen LogP contribution in [0.25, 0.3) is 0 Å². The van der Waals surface area contributed by atoms with E-state index in [1.165, 1.54) is 0 Å². The zero-order chi connectivity index (χ0) is 14.4. The fourth-order valence-corrected chi connectivity index (χ4v) is 2.19. The first-order valence-electron chi connectivity index (χ1n) is 6.85. The molecule has 0 saturated carbocycles. The van der Waals surface area contributed by atoms with Crippen molar-refractivity contribution in [3.63, 3.8) is 0 Å². The summed E-state index contributed by atoms with van der Waals surface area (Å²) in [4.78, 5) is 25.8. The van der Waals surface area contributed by atoms with Gasteiger partial charge in [0.1, 0.15) is 0 Å². The molecule has 1 fully saturated rings.